The lowest BCUT2D eigenvalue weighted by Crippen LogP contribution is -2.58. The molecule has 0 spiro atoms. The molecule has 1 aliphatic heterocycles. The molecule has 0 bridgehead atoms. The second-order valence-electron chi connectivity index (χ2n) is 5.76. The molecule has 1 saturated carbocycles. The highest BCUT2D eigenvalue weighted by molar-refractivity contribution is 6.02. The van der Waals surface area contributed by atoms with Crippen LogP contribution in [0, 0.1) is 0 Å². The molecule has 6 nitrogen and oxygen atoms in total. The summed E-state index contributed by atoms with van der Waals surface area (Å²) in [5.74, 6) is -0.246. The van der Waals surface area contributed by atoms with Gasteiger partial charge in [0, 0.05) is 0 Å². The quantitative estimate of drug-likeness (QED) is 0.830. The van der Waals surface area contributed by atoms with Crippen LogP contribution in [0.1, 0.15) is 25.7 Å². The summed E-state index contributed by atoms with van der Waals surface area (Å²) in [7, 11) is 0. The normalized spacial score (nSPS) is 23.3. The zero-order chi connectivity index (χ0) is 15.0. The molecule has 2 aliphatic rings. The van der Waals surface area contributed by atoms with Crippen molar-refractivity contribution in [1.82, 2.24) is 0 Å². The molecule has 0 saturated heterocycles. The van der Waals surface area contributed by atoms with Crippen LogP contribution in [0.3, 0.4) is 0 Å². The van der Waals surface area contributed by atoms with Crippen LogP contribution in [0.4, 0.5) is 5.69 Å². The molecule has 1 heterocycles. The summed E-state index contributed by atoms with van der Waals surface area (Å²) in [6.07, 6.45) is 2.41. The van der Waals surface area contributed by atoms with E-state index in [9.17, 15) is 9.59 Å². The Morgan fingerprint density at radius 3 is 2.57 bits per heavy atom. The van der Waals surface area contributed by atoms with Crippen LogP contribution >= 0.6 is 0 Å². The van der Waals surface area contributed by atoms with Crippen molar-refractivity contribution in [2.24, 2.45) is 11.5 Å². The minimum absolute atomic E-state index is 0.115. The number of hydrogen-bond donors (Lipinski definition) is 2. The van der Waals surface area contributed by atoms with Crippen molar-refractivity contribution in [3.05, 3.63) is 24.3 Å². The summed E-state index contributed by atoms with van der Waals surface area (Å²) in [5, 5.41) is 0. The maximum Gasteiger partial charge on any atom is 0.260 e. The maximum atomic E-state index is 12.8. The van der Waals surface area contributed by atoms with Gasteiger partial charge in [0.1, 0.15) is 5.75 Å². The number of ether oxygens (including phenoxy) is 1. The number of anilines is 1. The van der Waals surface area contributed by atoms with E-state index in [1.54, 1.807) is 23.1 Å². The Balaban J connectivity index is 1.96. The van der Waals surface area contributed by atoms with Crippen molar-refractivity contribution in [2.75, 3.05) is 11.4 Å². The number of nitrogens with zero attached hydrogens (tertiary/aromatic N) is 1. The first-order chi connectivity index (χ1) is 10.0. The van der Waals surface area contributed by atoms with Gasteiger partial charge in [-0.05, 0) is 25.0 Å². The molecule has 112 valence electrons. The Morgan fingerprint density at radius 1 is 1.24 bits per heavy atom. The van der Waals surface area contributed by atoms with Gasteiger partial charge in [-0.25, -0.2) is 0 Å². The van der Waals surface area contributed by atoms with Gasteiger partial charge in [0.25, 0.3) is 5.91 Å². The van der Waals surface area contributed by atoms with Crippen LogP contribution in [-0.4, -0.2) is 30.0 Å². The fourth-order valence-electron chi connectivity index (χ4n) is 3.06. The summed E-state index contributed by atoms with van der Waals surface area (Å²) in [5.41, 5.74) is 11.4. The van der Waals surface area contributed by atoms with Gasteiger partial charge in [-0.3, -0.25) is 9.59 Å². The fraction of sp³-hybridized carbons (Fsp3) is 0.467. The number of nitrogens with two attached hydrogens (primary N) is 2. The van der Waals surface area contributed by atoms with Crippen molar-refractivity contribution in [3.8, 4) is 5.75 Å². The maximum absolute atomic E-state index is 12.8. The minimum Gasteiger partial charge on any atom is -0.477 e. The number of amides is 2. The van der Waals surface area contributed by atoms with Crippen LogP contribution in [-0.2, 0) is 9.59 Å². The van der Waals surface area contributed by atoms with E-state index in [0.29, 0.717) is 24.3 Å². The van der Waals surface area contributed by atoms with Gasteiger partial charge in [-0.15, -0.1) is 0 Å². The van der Waals surface area contributed by atoms with Gasteiger partial charge in [0.05, 0.1) is 17.8 Å². The highest BCUT2D eigenvalue weighted by Gasteiger charge is 2.43. The van der Waals surface area contributed by atoms with E-state index in [1.165, 1.54) is 0 Å². The minimum atomic E-state index is -0.841. The van der Waals surface area contributed by atoms with Crippen molar-refractivity contribution in [3.63, 3.8) is 0 Å². The first-order valence-corrected chi connectivity index (χ1v) is 7.17. The Labute approximate surface area is 123 Å². The summed E-state index contributed by atoms with van der Waals surface area (Å²) in [6, 6.07) is 7.13. The molecule has 1 aromatic carbocycles. The first kappa shape index (κ1) is 13.9. The number of primary amides is 1. The van der Waals surface area contributed by atoms with E-state index in [0.717, 1.165) is 12.8 Å². The number of rotatable bonds is 2. The summed E-state index contributed by atoms with van der Waals surface area (Å²) < 4.78 is 5.56. The third-order valence-corrected chi connectivity index (χ3v) is 4.26. The van der Waals surface area contributed by atoms with Crippen LogP contribution in [0.5, 0.6) is 5.75 Å². The lowest BCUT2D eigenvalue weighted by Gasteiger charge is -2.37. The van der Waals surface area contributed by atoms with E-state index in [1.807, 2.05) is 6.07 Å². The Bertz CT molecular complexity index is 581. The van der Waals surface area contributed by atoms with E-state index in [4.69, 9.17) is 16.2 Å². The molecular formula is C15H19N3O3. The largest absolute Gasteiger partial charge is 0.477 e. The molecule has 3 rings (SSSR count). The fourth-order valence-corrected chi connectivity index (χ4v) is 3.06. The van der Waals surface area contributed by atoms with Crippen LogP contribution in [0.15, 0.2) is 24.3 Å². The van der Waals surface area contributed by atoms with Gasteiger partial charge in [0.15, 0.2) is 6.10 Å². The average molecular weight is 289 g/mol. The third kappa shape index (κ3) is 2.35. The van der Waals surface area contributed by atoms with Gasteiger partial charge >= 0.3 is 0 Å². The lowest BCUT2D eigenvalue weighted by molar-refractivity contribution is -0.126. The van der Waals surface area contributed by atoms with Crippen molar-refractivity contribution in [2.45, 2.75) is 37.3 Å². The monoisotopic (exact) mass is 289 g/mol. The second kappa shape index (κ2) is 5.04. The average Bonchev–Trinajstić information content (AvgIpc) is 2.93. The molecule has 1 aliphatic carbocycles. The highest BCUT2D eigenvalue weighted by atomic mass is 16.5. The van der Waals surface area contributed by atoms with Crippen LogP contribution < -0.4 is 21.1 Å². The molecule has 21 heavy (non-hydrogen) atoms. The predicted octanol–water partition coefficient (Wildman–Crippen LogP) is 0.537. The number of carbonyl (C=O) groups excluding carboxylic acids is 2. The summed E-state index contributed by atoms with van der Waals surface area (Å²) in [4.78, 5) is 25.9. The molecule has 1 aromatic rings. The molecule has 1 fully saturated rings. The topological polar surface area (TPSA) is 98.7 Å². The highest BCUT2D eigenvalue weighted by Crippen LogP contribution is 2.37. The zero-order valence-corrected chi connectivity index (χ0v) is 11.7. The van der Waals surface area contributed by atoms with Crippen molar-refractivity contribution in [1.29, 1.82) is 0 Å². The Morgan fingerprint density at radius 2 is 1.90 bits per heavy atom. The third-order valence-electron chi connectivity index (χ3n) is 4.26. The van der Waals surface area contributed by atoms with Gasteiger partial charge in [-0.2, -0.15) is 0 Å². The smallest absolute Gasteiger partial charge is 0.260 e. The molecule has 2 amide bonds. The van der Waals surface area contributed by atoms with Crippen LogP contribution in [0.25, 0.3) is 0 Å². The van der Waals surface area contributed by atoms with E-state index in [-0.39, 0.29) is 12.5 Å². The van der Waals surface area contributed by atoms with Gasteiger partial charge in [-0.1, -0.05) is 25.0 Å². The van der Waals surface area contributed by atoms with E-state index >= 15 is 0 Å². The molecule has 0 radical (unpaired) electrons. The number of para-hydroxylation sites is 2. The molecular weight excluding hydrogens is 270 g/mol. The molecule has 1 atom stereocenters. The summed E-state index contributed by atoms with van der Waals surface area (Å²) in [6.45, 7) is 0.115. The van der Waals surface area contributed by atoms with Crippen molar-refractivity contribution >= 4 is 17.5 Å². The Kier molecular flexibility index (Phi) is 3.33. The van der Waals surface area contributed by atoms with E-state index in [2.05, 4.69) is 0 Å². The van der Waals surface area contributed by atoms with Gasteiger partial charge in [0.2, 0.25) is 5.91 Å². The molecule has 0 aromatic heterocycles. The first-order valence-electron chi connectivity index (χ1n) is 7.17. The number of hydrogen-bond acceptors (Lipinski definition) is 4. The molecule has 4 N–H and O–H groups in total. The van der Waals surface area contributed by atoms with Crippen LogP contribution in [0.2, 0.25) is 0 Å². The standard InChI is InChI=1S/C15H19N3O3/c16-13(19)12-9-18(10-5-1-2-6-11(10)21-12)14(20)15(17)7-3-4-8-15/h1-2,5-6,12H,3-4,7-9,17H2,(H2,16,19). The predicted molar refractivity (Wildman–Crippen MR) is 77.8 cm³/mol. The molecule has 6 heteroatoms. The second-order valence-corrected chi connectivity index (χ2v) is 5.76. The van der Waals surface area contributed by atoms with Gasteiger partial charge < -0.3 is 21.1 Å². The number of fused-ring (bicyclic) bond motifs is 1. The number of benzene rings is 1. The van der Waals surface area contributed by atoms with Crippen molar-refractivity contribution < 1.29 is 14.3 Å². The SMILES string of the molecule is NC(=O)C1CN(C(=O)C2(N)CCCC2)c2ccccc2O1. The zero-order valence-electron chi connectivity index (χ0n) is 11.7. The number of carbonyl (C=O) groups is 2. The lowest BCUT2D eigenvalue weighted by atomic mass is 9.96. The molecule has 1 unspecified atom stereocenters. The summed E-state index contributed by atoms with van der Waals surface area (Å²) >= 11 is 0. The van der Waals surface area contributed by atoms with E-state index < -0.39 is 17.6 Å². The Hall–Kier alpha value is -2.08.